The summed E-state index contributed by atoms with van der Waals surface area (Å²) >= 11 is 5.97. The third-order valence-corrected chi connectivity index (χ3v) is 4.48. The summed E-state index contributed by atoms with van der Waals surface area (Å²) in [6, 6.07) is 4.33. The lowest BCUT2D eigenvalue weighted by molar-refractivity contribution is 0.626. The largest absolute Gasteiger partial charge is 0.332 e. The standard InChI is InChI=1S/C17H18ClFN6O2/c1-4-8-25-13-14(23(2)17(27)24(3)15(13)26)21-16(25)22-20-9-10-11(18)6-5-7-12(10)19/h5-7,9H,4,8H2,1-3H3,(H,21,22)/b20-9-. The summed E-state index contributed by atoms with van der Waals surface area (Å²) in [6.45, 7) is 2.44. The number of nitrogens with zero attached hydrogens (tertiary/aromatic N) is 5. The second-order valence-corrected chi connectivity index (χ2v) is 6.38. The number of hydrogen-bond acceptors (Lipinski definition) is 5. The van der Waals surface area contributed by atoms with Gasteiger partial charge in [0.25, 0.3) is 5.56 Å². The van der Waals surface area contributed by atoms with E-state index in [0.717, 1.165) is 11.0 Å². The predicted octanol–water partition coefficient (Wildman–Crippen LogP) is 2.08. The summed E-state index contributed by atoms with van der Waals surface area (Å²) in [6.07, 6.45) is 1.97. The fourth-order valence-electron chi connectivity index (χ4n) is 2.76. The van der Waals surface area contributed by atoms with E-state index in [-0.39, 0.29) is 22.2 Å². The zero-order chi connectivity index (χ0) is 19.7. The van der Waals surface area contributed by atoms with Gasteiger partial charge in [0.15, 0.2) is 11.2 Å². The molecule has 27 heavy (non-hydrogen) atoms. The molecule has 142 valence electrons. The van der Waals surface area contributed by atoms with Gasteiger partial charge in [-0.3, -0.25) is 13.9 Å². The molecule has 0 amide bonds. The Morgan fingerprint density at radius 3 is 2.70 bits per heavy atom. The summed E-state index contributed by atoms with van der Waals surface area (Å²) in [5, 5.41) is 4.22. The van der Waals surface area contributed by atoms with E-state index in [4.69, 9.17) is 11.6 Å². The maximum atomic E-state index is 13.8. The lowest BCUT2D eigenvalue weighted by atomic mass is 10.2. The van der Waals surface area contributed by atoms with Gasteiger partial charge >= 0.3 is 5.69 Å². The number of imidazole rings is 1. The van der Waals surface area contributed by atoms with Gasteiger partial charge in [0.1, 0.15) is 5.82 Å². The lowest BCUT2D eigenvalue weighted by Crippen LogP contribution is -2.37. The van der Waals surface area contributed by atoms with Crippen molar-refractivity contribution in [2.75, 3.05) is 5.43 Å². The first-order valence-electron chi connectivity index (χ1n) is 8.26. The van der Waals surface area contributed by atoms with E-state index < -0.39 is 17.1 Å². The number of nitrogens with one attached hydrogen (secondary N) is 1. The Morgan fingerprint density at radius 1 is 1.30 bits per heavy atom. The van der Waals surface area contributed by atoms with E-state index in [1.165, 1.54) is 30.0 Å². The van der Waals surface area contributed by atoms with E-state index in [9.17, 15) is 14.0 Å². The number of benzene rings is 1. The Balaban J connectivity index is 2.09. The Labute approximate surface area is 158 Å². The van der Waals surface area contributed by atoms with Crippen LogP contribution in [-0.4, -0.2) is 24.9 Å². The van der Waals surface area contributed by atoms with Crippen molar-refractivity contribution in [3.63, 3.8) is 0 Å². The van der Waals surface area contributed by atoms with Crippen molar-refractivity contribution in [3.05, 3.63) is 55.4 Å². The van der Waals surface area contributed by atoms with E-state index in [2.05, 4.69) is 15.5 Å². The molecule has 0 aliphatic carbocycles. The summed E-state index contributed by atoms with van der Waals surface area (Å²) in [5.41, 5.74) is 2.48. The van der Waals surface area contributed by atoms with Crippen LogP contribution in [0, 0.1) is 5.82 Å². The lowest BCUT2D eigenvalue weighted by Gasteiger charge is -2.07. The van der Waals surface area contributed by atoms with Crippen LogP contribution in [0.5, 0.6) is 0 Å². The first kappa shape index (κ1) is 18.8. The molecule has 0 fully saturated rings. The molecule has 2 aromatic heterocycles. The SMILES string of the molecule is CCCn1c(N/N=C\c2c(F)cccc2Cl)nc2c1c(=O)n(C)c(=O)n2C. The number of aryl methyl sites for hydroxylation is 2. The number of hydrazone groups is 1. The van der Waals surface area contributed by atoms with Crippen molar-refractivity contribution >= 4 is 34.9 Å². The van der Waals surface area contributed by atoms with Gasteiger partial charge in [-0.1, -0.05) is 24.6 Å². The zero-order valence-corrected chi connectivity index (χ0v) is 15.8. The molecule has 1 aromatic carbocycles. The molecular weight excluding hydrogens is 375 g/mol. The number of hydrogen-bond donors (Lipinski definition) is 1. The van der Waals surface area contributed by atoms with Crippen LogP contribution in [0.25, 0.3) is 11.2 Å². The first-order valence-corrected chi connectivity index (χ1v) is 8.64. The third-order valence-electron chi connectivity index (χ3n) is 4.15. The number of fused-ring (bicyclic) bond motifs is 1. The van der Waals surface area contributed by atoms with Crippen LogP contribution in [0.4, 0.5) is 10.3 Å². The van der Waals surface area contributed by atoms with Gasteiger partial charge in [-0.05, 0) is 18.6 Å². The van der Waals surface area contributed by atoms with Gasteiger partial charge in [-0.15, -0.1) is 0 Å². The Morgan fingerprint density at radius 2 is 2.04 bits per heavy atom. The van der Waals surface area contributed by atoms with Crippen molar-refractivity contribution in [2.45, 2.75) is 19.9 Å². The fourth-order valence-corrected chi connectivity index (χ4v) is 2.97. The molecule has 0 bridgehead atoms. The maximum Gasteiger partial charge on any atom is 0.332 e. The molecular formula is C17H18ClFN6O2. The van der Waals surface area contributed by atoms with Crippen molar-refractivity contribution in [1.82, 2.24) is 18.7 Å². The number of halogens is 2. The topological polar surface area (TPSA) is 86.2 Å². The summed E-state index contributed by atoms with van der Waals surface area (Å²) in [4.78, 5) is 29.0. The average molecular weight is 393 g/mol. The van der Waals surface area contributed by atoms with Crippen LogP contribution in [0.15, 0.2) is 32.9 Å². The minimum Gasteiger partial charge on any atom is -0.303 e. The average Bonchev–Trinajstić information content (AvgIpc) is 2.99. The molecule has 10 heteroatoms. The highest BCUT2D eigenvalue weighted by Gasteiger charge is 2.18. The smallest absolute Gasteiger partial charge is 0.303 e. The van der Waals surface area contributed by atoms with Crippen molar-refractivity contribution < 1.29 is 4.39 Å². The van der Waals surface area contributed by atoms with Gasteiger partial charge in [-0.25, -0.2) is 14.6 Å². The Bertz CT molecular complexity index is 1140. The molecule has 0 spiro atoms. The van der Waals surface area contributed by atoms with Crippen LogP contribution in [0.1, 0.15) is 18.9 Å². The second-order valence-electron chi connectivity index (χ2n) is 5.97. The molecule has 3 aromatic rings. The molecule has 0 saturated heterocycles. The third kappa shape index (κ3) is 3.25. The van der Waals surface area contributed by atoms with Gasteiger partial charge in [0.05, 0.1) is 11.2 Å². The Hall–Kier alpha value is -2.94. The molecule has 0 saturated carbocycles. The highest BCUT2D eigenvalue weighted by molar-refractivity contribution is 6.33. The van der Waals surface area contributed by atoms with Crippen LogP contribution in [-0.2, 0) is 20.6 Å². The van der Waals surface area contributed by atoms with Gasteiger partial charge in [-0.2, -0.15) is 10.1 Å². The van der Waals surface area contributed by atoms with Gasteiger partial charge in [0.2, 0.25) is 5.95 Å². The molecule has 2 heterocycles. The van der Waals surface area contributed by atoms with Crippen LogP contribution >= 0.6 is 11.6 Å². The Kier molecular flexibility index (Phi) is 5.13. The highest BCUT2D eigenvalue weighted by Crippen LogP contribution is 2.18. The molecule has 3 rings (SSSR count). The molecule has 0 unspecified atom stereocenters. The quantitative estimate of drug-likeness (QED) is 0.532. The molecule has 0 aliphatic heterocycles. The number of rotatable bonds is 5. The van der Waals surface area contributed by atoms with Gasteiger partial charge in [0, 0.05) is 26.2 Å². The molecule has 0 radical (unpaired) electrons. The normalized spacial score (nSPS) is 11.6. The van der Waals surface area contributed by atoms with Crippen molar-refractivity contribution in [1.29, 1.82) is 0 Å². The van der Waals surface area contributed by atoms with E-state index in [0.29, 0.717) is 12.1 Å². The monoisotopic (exact) mass is 392 g/mol. The van der Waals surface area contributed by atoms with Crippen molar-refractivity contribution in [2.24, 2.45) is 19.2 Å². The second kappa shape index (κ2) is 7.36. The minimum atomic E-state index is -0.508. The van der Waals surface area contributed by atoms with E-state index >= 15 is 0 Å². The molecule has 1 N–H and O–H groups in total. The maximum absolute atomic E-state index is 13.8. The fraction of sp³-hybridized carbons (Fsp3) is 0.294. The zero-order valence-electron chi connectivity index (χ0n) is 15.0. The van der Waals surface area contributed by atoms with Crippen molar-refractivity contribution in [3.8, 4) is 0 Å². The highest BCUT2D eigenvalue weighted by atomic mass is 35.5. The molecule has 0 aliphatic rings. The summed E-state index contributed by atoms with van der Waals surface area (Å²) in [5.74, 6) is -0.236. The molecule has 8 nitrogen and oxygen atoms in total. The van der Waals surface area contributed by atoms with Crippen LogP contribution < -0.4 is 16.7 Å². The van der Waals surface area contributed by atoms with Crippen LogP contribution in [0.3, 0.4) is 0 Å². The molecule has 0 atom stereocenters. The number of aromatic nitrogens is 4. The predicted molar refractivity (Wildman–Crippen MR) is 103 cm³/mol. The number of anilines is 1. The minimum absolute atomic E-state index is 0.133. The van der Waals surface area contributed by atoms with Crippen LogP contribution in [0.2, 0.25) is 5.02 Å². The van der Waals surface area contributed by atoms with E-state index in [1.54, 1.807) is 17.7 Å². The first-order chi connectivity index (χ1) is 12.9. The summed E-state index contributed by atoms with van der Waals surface area (Å²) in [7, 11) is 2.96. The van der Waals surface area contributed by atoms with E-state index in [1.807, 2.05) is 6.92 Å². The summed E-state index contributed by atoms with van der Waals surface area (Å²) < 4.78 is 17.8. The van der Waals surface area contributed by atoms with Gasteiger partial charge < -0.3 is 4.57 Å².